The Balaban J connectivity index is 1.19. The molecule has 5 rings (SSSR count). The van der Waals surface area contributed by atoms with Crippen LogP contribution in [0.25, 0.3) is 16.2 Å². The first-order valence-corrected chi connectivity index (χ1v) is 10.4. The first kappa shape index (κ1) is 17.6. The van der Waals surface area contributed by atoms with Crippen molar-refractivity contribution >= 4 is 33.0 Å². The molecule has 28 heavy (non-hydrogen) atoms. The molecular formula is C20H19ClN6S. The molecule has 4 heterocycles. The number of rotatable bonds is 5. The predicted octanol–water partition coefficient (Wildman–Crippen LogP) is 3.98. The molecule has 3 aromatic heterocycles. The number of hydrogen-bond acceptors (Lipinski definition) is 6. The van der Waals surface area contributed by atoms with Crippen LogP contribution >= 0.6 is 22.9 Å². The van der Waals surface area contributed by atoms with E-state index in [1.165, 1.54) is 11.1 Å². The fourth-order valence-corrected chi connectivity index (χ4v) is 4.65. The molecule has 0 bridgehead atoms. The maximum absolute atomic E-state index is 6.30. The van der Waals surface area contributed by atoms with Gasteiger partial charge < -0.3 is 5.32 Å². The SMILES string of the molecule is Clc1cccc2c1CCN(CCNc1nn3cc(-c4cccnc4)nc3s1)C2. The molecule has 0 aliphatic carbocycles. The van der Waals surface area contributed by atoms with Crippen LogP contribution < -0.4 is 5.32 Å². The Morgan fingerprint density at radius 1 is 1.21 bits per heavy atom. The average molecular weight is 411 g/mol. The van der Waals surface area contributed by atoms with Crippen LogP contribution in [-0.2, 0) is 13.0 Å². The largest absolute Gasteiger partial charge is 0.359 e. The lowest BCUT2D eigenvalue weighted by Gasteiger charge is -2.29. The molecule has 6 nitrogen and oxygen atoms in total. The molecule has 0 radical (unpaired) electrons. The molecule has 1 aliphatic heterocycles. The summed E-state index contributed by atoms with van der Waals surface area (Å²) in [4.78, 5) is 12.1. The molecule has 1 N–H and O–H groups in total. The van der Waals surface area contributed by atoms with Crippen LogP contribution in [0.3, 0.4) is 0 Å². The first-order chi connectivity index (χ1) is 13.8. The summed E-state index contributed by atoms with van der Waals surface area (Å²) < 4.78 is 1.83. The summed E-state index contributed by atoms with van der Waals surface area (Å²) in [7, 11) is 0. The Hall–Kier alpha value is -2.48. The molecule has 4 aromatic rings. The topological polar surface area (TPSA) is 58.4 Å². The van der Waals surface area contributed by atoms with Crippen molar-refractivity contribution in [1.82, 2.24) is 24.5 Å². The van der Waals surface area contributed by atoms with E-state index in [9.17, 15) is 0 Å². The predicted molar refractivity (Wildman–Crippen MR) is 113 cm³/mol. The Morgan fingerprint density at radius 2 is 2.18 bits per heavy atom. The van der Waals surface area contributed by atoms with Crippen LogP contribution in [0.1, 0.15) is 11.1 Å². The summed E-state index contributed by atoms with van der Waals surface area (Å²) in [5.41, 5.74) is 4.54. The monoisotopic (exact) mass is 410 g/mol. The van der Waals surface area contributed by atoms with Gasteiger partial charge in [0.1, 0.15) is 0 Å². The normalized spacial score (nSPS) is 14.3. The van der Waals surface area contributed by atoms with Crippen LogP contribution in [0.4, 0.5) is 5.13 Å². The lowest BCUT2D eigenvalue weighted by atomic mass is 10.00. The molecule has 0 amide bonds. The van der Waals surface area contributed by atoms with Crippen molar-refractivity contribution in [3.8, 4) is 11.3 Å². The van der Waals surface area contributed by atoms with Gasteiger partial charge in [-0.05, 0) is 35.7 Å². The van der Waals surface area contributed by atoms with Crippen LogP contribution in [-0.4, -0.2) is 44.1 Å². The molecule has 1 aliphatic rings. The number of anilines is 1. The zero-order valence-electron chi connectivity index (χ0n) is 15.2. The van der Waals surface area contributed by atoms with Gasteiger partial charge in [-0.25, -0.2) is 9.50 Å². The van der Waals surface area contributed by atoms with Crippen molar-refractivity contribution < 1.29 is 0 Å². The number of hydrogen-bond donors (Lipinski definition) is 1. The van der Waals surface area contributed by atoms with Crippen molar-refractivity contribution in [2.45, 2.75) is 13.0 Å². The Morgan fingerprint density at radius 3 is 3.04 bits per heavy atom. The lowest BCUT2D eigenvalue weighted by Crippen LogP contribution is -2.34. The number of aromatic nitrogens is 4. The summed E-state index contributed by atoms with van der Waals surface area (Å²) in [6.45, 7) is 3.80. The van der Waals surface area contributed by atoms with Crippen LogP contribution in [0.15, 0.2) is 48.9 Å². The Bertz CT molecular complexity index is 1080. The third-order valence-electron chi connectivity index (χ3n) is 4.99. The maximum Gasteiger partial charge on any atom is 0.214 e. The van der Waals surface area contributed by atoms with Crippen molar-refractivity contribution in [3.63, 3.8) is 0 Å². The molecule has 142 valence electrons. The highest BCUT2D eigenvalue weighted by Crippen LogP contribution is 2.26. The van der Waals surface area contributed by atoms with Crippen molar-refractivity contribution in [1.29, 1.82) is 0 Å². The molecule has 8 heteroatoms. The molecule has 0 saturated carbocycles. The van der Waals surface area contributed by atoms with Crippen molar-refractivity contribution in [2.75, 3.05) is 25.0 Å². The second-order valence-electron chi connectivity index (χ2n) is 6.83. The molecule has 0 saturated heterocycles. The summed E-state index contributed by atoms with van der Waals surface area (Å²) in [6.07, 6.45) is 6.53. The van der Waals surface area contributed by atoms with Gasteiger partial charge in [0.25, 0.3) is 0 Å². The minimum Gasteiger partial charge on any atom is -0.359 e. The van der Waals surface area contributed by atoms with Crippen LogP contribution in [0.5, 0.6) is 0 Å². The van der Waals surface area contributed by atoms with E-state index in [1.807, 2.05) is 41.2 Å². The number of imidazole rings is 1. The van der Waals surface area contributed by atoms with E-state index in [1.54, 1.807) is 17.5 Å². The van der Waals surface area contributed by atoms with Gasteiger partial charge in [-0.3, -0.25) is 9.88 Å². The van der Waals surface area contributed by atoms with Crippen molar-refractivity contribution in [3.05, 3.63) is 65.1 Å². The summed E-state index contributed by atoms with van der Waals surface area (Å²) in [6, 6.07) is 10.1. The number of nitrogens with zero attached hydrogens (tertiary/aromatic N) is 5. The van der Waals surface area contributed by atoms with Gasteiger partial charge in [0, 0.05) is 49.2 Å². The number of fused-ring (bicyclic) bond motifs is 2. The van der Waals surface area contributed by atoms with Crippen molar-refractivity contribution in [2.24, 2.45) is 0 Å². The molecule has 0 spiro atoms. The Kier molecular flexibility index (Phi) is 4.72. The summed E-state index contributed by atoms with van der Waals surface area (Å²) >= 11 is 7.87. The molecule has 0 unspecified atom stereocenters. The number of halogens is 1. The maximum atomic E-state index is 6.30. The van der Waals surface area contributed by atoms with Gasteiger partial charge in [0.15, 0.2) is 0 Å². The zero-order valence-corrected chi connectivity index (χ0v) is 16.7. The van der Waals surface area contributed by atoms with Crippen LogP contribution in [0.2, 0.25) is 5.02 Å². The summed E-state index contributed by atoms with van der Waals surface area (Å²) in [5, 5.41) is 9.81. The van der Waals surface area contributed by atoms with E-state index in [0.29, 0.717) is 0 Å². The fourth-order valence-electron chi connectivity index (χ4n) is 3.56. The van der Waals surface area contributed by atoms with Gasteiger partial charge in [-0.15, -0.1) is 5.10 Å². The van der Waals surface area contributed by atoms with E-state index >= 15 is 0 Å². The highest BCUT2D eigenvalue weighted by Gasteiger charge is 2.18. The van der Waals surface area contributed by atoms with Crippen LogP contribution in [0, 0.1) is 0 Å². The second-order valence-corrected chi connectivity index (χ2v) is 8.20. The minimum absolute atomic E-state index is 0.849. The third-order valence-corrected chi connectivity index (χ3v) is 6.23. The molecular weight excluding hydrogens is 392 g/mol. The Labute approximate surface area is 171 Å². The highest BCUT2D eigenvalue weighted by atomic mass is 35.5. The van der Waals surface area contributed by atoms with E-state index in [4.69, 9.17) is 11.6 Å². The summed E-state index contributed by atoms with van der Waals surface area (Å²) in [5.74, 6) is 0. The fraction of sp³-hybridized carbons (Fsp3) is 0.250. The first-order valence-electron chi connectivity index (χ1n) is 9.25. The molecule has 0 fully saturated rings. The molecule has 1 aromatic carbocycles. The van der Waals surface area contributed by atoms with Gasteiger partial charge in [-0.1, -0.05) is 35.1 Å². The van der Waals surface area contributed by atoms with Gasteiger partial charge in [0.05, 0.1) is 11.9 Å². The standard InChI is InChI=1S/C20H19ClN6S/c21-17-5-1-3-15-12-26(9-6-16(15)17)10-8-23-19-25-27-13-18(24-20(27)28-19)14-4-2-7-22-11-14/h1-5,7,11,13H,6,8-10,12H2,(H,23,25). The second kappa shape index (κ2) is 7.50. The van der Waals surface area contributed by atoms with E-state index in [2.05, 4.69) is 31.3 Å². The number of benzene rings is 1. The minimum atomic E-state index is 0.849. The molecule has 0 atom stereocenters. The van der Waals surface area contributed by atoms with E-state index in [-0.39, 0.29) is 0 Å². The van der Waals surface area contributed by atoms with Gasteiger partial charge >= 0.3 is 0 Å². The average Bonchev–Trinajstić information content (AvgIpc) is 3.28. The van der Waals surface area contributed by atoms with E-state index < -0.39 is 0 Å². The smallest absolute Gasteiger partial charge is 0.214 e. The lowest BCUT2D eigenvalue weighted by molar-refractivity contribution is 0.264. The third kappa shape index (κ3) is 3.48. The number of nitrogens with one attached hydrogen (secondary N) is 1. The van der Waals surface area contributed by atoms with Gasteiger partial charge in [-0.2, -0.15) is 0 Å². The van der Waals surface area contributed by atoms with Gasteiger partial charge in [0.2, 0.25) is 10.1 Å². The highest BCUT2D eigenvalue weighted by molar-refractivity contribution is 7.20. The zero-order chi connectivity index (χ0) is 18.9. The number of pyridine rings is 1. The quantitative estimate of drug-likeness (QED) is 0.539. The van der Waals surface area contributed by atoms with E-state index in [0.717, 1.165) is 59.0 Å².